The monoisotopic (exact) mass is 374 g/mol. The van der Waals surface area contributed by atoms with Gasteiger partial charge in [0.1, 0.15) is 17.2 Å². The summed E-state index contributed by atoms with van der Waals surface area (Å²) in [6.45, 7) is 2.77. The van der Waals surface area contributed by atoms with Gasteiger partial charge in [0.2, 0.25) is 0 Å². The molecule has 0 saturated heterocycles. The quantitative estimate of drug-likeness (QED) is 0.588. The first-order chi connectivity index (χ1) is 13.7. The van der Waals surface area contributed by atoms with Crippen LogP contribution in [0, 0.1) is 12.7 Å². The Bertz CT molecular complexity index is 1150. The van der Waals surface area contributed by atoms with Crippen molar-refractivity contribution in [3.05, 3.63) is 71.7 Å². The van der Waals surface area contributed by atoms with Gasteiger partial charge < -0.3 is 4.57 Å². The lowest BCUT2D eigenvalue weighted by atomic mass is 10.0. The highest BCUT2D eigenvalue weighted by Crippen LogP contribution is 2.35. The van der Waals surface area contributed by atoms with Crippen molar-refractivity contribution in [3.8, 4) is 22.6 Å². The number of fused-ring (bicyclic) bond motifs is 1. The molecule has 0 spiro atoms. The lowest BCUT2D eigenvalue weighted by Gasteiger charge is -2.12. The van der Waals surface area contributed by atoms with Crippen LogP contribution in [0.1, 0.15) is 29.2 Å². The summed E-state index contributed by atoms with van der Waals surface area (Å²) in [6, 6.07) is 9.03. The number of hydrogen-bond donors (Lipinski definition) is 1. The van der Waals surface area contributed by atoms with Crippen molar-refractivity contribution >= 4 is 0 Å². The largest absolute Gasteiger partial charge is 0.336 e. The fraction of sp³-hybridized carbons (Fsp3) is 0.238. The molecule has 3 heterocycles. The number of nitrogens with zero attached hydrogens (tertiary/aromatic N) is 5. The Balaban J connectivity index is 1.39. The molecule has 28 heavy (non-hydrogen) atoms. The standard InChI is InChI=1S/C21H19FN6/c1-13-21(26-27-25-13)15-6-7-23-19(9-15)20-11-28(12-24-20)10-16-3-2-14-8-17(22)4-5-18(14)16/h4-9,11-12,16H,2-3,10H2,1H3,(H,25,26,27)/t16-/m0/s1. The van der Waals surface area contributed by atoms with Crippen LogP contribution in [-0.4, -0.2) is 29.9 Å². The molecule has 0 fully saturated rings. The lowest BCUT2D eigenvalue weighted by molar-refractivity contribution is 0.555. The van der Waals surface area contributed by atoms with Crippen molar-refractivity contribution in [1.29, 1.82) is 0 Å². The van der Waals surface area contributed by atoms with Crippen LogP contribution in [0.5, 0.6) is 0 Å². The molecular weight excluding hydrogens is 355 g/mol. The summed E-state index contributed by atoms with van der Waals surface area (Å²) in [4.78, 5) is 9.00. The van der Waals surface area contributed by atoms with Crippen molar-refractivity contribution in [2.75, 3.05) is 0 Å². The normalized spacial score (nSPS) is 15.7. The zero-order valence-electron chi connectivity index (χ0n) is 15.4. The van der Waals surface area contributed by atoms with Gasteiger partial charge in [-0.3, -0.25) is 10.1 Å². The molecule has 3 aromatic heterocycles. The van der Waals surface area contributed by atoms with Crippen molar-refractivity contribution in [3.63, 3.8) is 0 Å². The molecule has 4 aromatic rings. The van der Waals surface area contributed by atoms with E-state index in [9.17, 15) is 4.39 Å². The fourth-order valence-corrected chi connectivity index (χ4v) is 3.98. The molecule has 0 unspecified atom stereocenters. The highest BCUT2D eigenvalue weighted by molar-refractivity contribution is 5.67. The summed E-state index contributed by atoms with van der Waals surface area (Å²) in [7, 11) is 0. The van der Waals surface area contributed by atoms with E-state index in [0.29, 0.717) is 5.92 Å². The molecule has 0 amide bonds. The topological polar surface area (TPSA) is 72.3 Å². The number of H-pyrrole nitrogens is 1. The van der Waals surface area contributed by atoms with Crippen molar-refractivity contribution in [1.82, 2.24) is 29.9 Å². The van der Waals surface area contributed by atoms with E-state index in [-0.39, 0.29) is 5.82 Å². The maximum absolute atomic E-state index is 13.4. The van der Waals surface area contributed by atoms with Crippen LogP contribution in [0.15, 0.2) is 49.1 Å². The third-order valence-electron chi connectivity index (χ3n) is 5.39. The molecule has 1 aromatic carbocycles. The van der Waals surface area contributed by atoms with Gasteiger partial charge in [0.15, 0.2) is 0 Å². The van der Waals surface area contributed by atoms with Gasteiger partial charge in [-0.1, -0.05) is 11.3 Å². The second-order valence-corrected chi connectivity index (χ2v) is 7.25. The van der Waals surface area contributed by atoms with Crippen LogP contribution in [-0.2, 0) is 13.0 Å². The van der Waals surface area contributed by atoms with Gasteiger partial charge in [-0.15, -0.1) is 5.10 Å². The Kier molecular flexibility index (Phi) is 4.00. The van der Waals surface area contributed by atoms with Crippen LogP contribution >= 0.6 is 0 Å². The average molecular weight is 374 g/mol. The molecule has 0 bridgehead atoms. The molecule has 7 heteroatoms. The highest BCUT2D eigenvalue weighted by Gasteiger charge is 2.23. The van der Waals surface area contributed by atoms with Gasteiger partial charge >= 0.3 is 0 Å². The maximum Gasteiger partial charge on any atom is 0.123 e. The van der Waals surface area contributed by atoms with Crippen LogP contribution < -0.4 is 0 Å². The van der Waals surface area contributed by atoms with Gasteiger partial charge in [-0.05, 0) is 55.2 Å². The minimum absolute atomic E-state index is 0.155. The van der Waals surface area contributed by atoms with E-state index < -0.39 is 0 Å². The molecule has 0 aliphatic heterocycles. The van der Waals surface area contributed by atoms with Crippen molar-refractivity contribution in [2.45, 2.75) is 32.2 Å². The number of aromatic amines is 1. The van der Waals surface area contributed by atoms with E-state index in [2.05, 4.69) is 29.9 Å². The first kappa shape index (κ1) is 16.8. The van der Waals surface area contributed by atoms with E-state index in [0.717, 1.165) is 53.3 Å². The highest BCUT2D eigenvalue weighted by atomic mass is 19.1. The minimum Gasteiger partial charge on any atom is -0.336 e. The molecular formula is C21H19FN6. The van der Waals surface area contributed by atoms with Gasteiger partial charge in [-0.2, -0.15) is 0 Å². The third-order valence-corrected chi connectivity index (χ3v) is 5.39. The Morgan fingerprint density at radius 1 is 1.18 bits per heavy atom. The number of pyridine rings is 1. The Labute approximate surface area is 161 Å². The zero-order valence-corrected chi connectivity index (χ0v) is 15.4. The van der Waals surface area contributed by atoms with Crippen LogP contribution in [0.2, 0.25) is 0 Å². The second kappa shape index (κ2) is 6.67. The molecule has 140 valence electrons. The van der Waals surface area contributed by atoms with Crippen molar-refractivity contribution in [2.24, 2.45) is 0 Å². The van der Waals surface area contributed by atoms with E-state index >= 15 is 0 Å². The molecule has 5 rings (SSSR count). The maximum atomic E-state index is 13.4. The number of aromatic nitrogens is 6. The summed E-state index contributed by atoms with van der Waals surface area (Å²) in [6.07, 6.45) is 7.58. The predicted octanol–water partition coefficient (Wildman–Crippen LogP) is 3.91. The van der Waals surface area contributed by atoms with Crippen LogP contribution in [0.3, 0.4) is 0 Å². The van der Waals surface area contributed by atoms with Crippen LogP contribution in [0.4, 0.5) is 4.39 Å². The van der Waals surface area contributed by atoms with Gasteiger partial charge in [0, 0.05) is 30.4 Å². The van der Waals surface area contributed by atoms with Gasteiger partial charge in [0.05, 0.1) is 17.7 Å². The molecule has 1 N–H and O–H groups in total. The molecule has 1 aliphatic carbocycles. The second-order valence-electron chi connectivity index (χ2n) is 7.25. The molecule has 0 saturated carbocycles. The Hall–Kier alpha value is -3.35. The van der Waals surface area contributed by atoms with E-state index in [4.69, 9.17) is 0 Å². The SMILES string of the molecule is Cc1[nH]nnc1-c1ccnc(-c2cn(C[C@@H]3CCc4cc(F)ccc43)cn2)c1. The smallest absolute Gasteiger partial charge is 0.123 e. The van der Waals surface area contributed by atoms with Crippen LogP contribution in [0.25, 0.3) is 22.6 Å². The third kappa shape index (κ3) is 2.98. The zero-order chi connectivity index (χ0) is 19.1. The van der Waals surface area contributed by atoms with E-state index in [1.165, 1.54) is 5.56 Å². The average Bonchev–Trinajstić information content (AvgIpc) is 3.43. The number of imidazole rings is 1. The summed E-state index contributed by atoms with van der Waals surface area (Å²) >= 11 is 0. The first-order valence-electron chi connectivity index (χ1n) is 9.32. The van der Waals surface area contributed by atoms with Gasteiger partial charge in [0.25, 0.3) is 0 Å². The Morgan fingerprint density at radius 2 is 2.11 bits per heavy atom. The summed E-state index contributed by atoms with van der Waals surface area (Å²) < 4.78 is 15.5. The summed E-state index contributed by atoms with van der Waals surface area (Å²) in [5, 5.41) is 10.8. The minimum atomic E-state index is -0.155. The molecule has 1 atom stereocenters. The molecule has 6 nitrogen and oxygen atoms in total. The number of benzene rings is 1. The first-order valence-corrected chi connectivity index (χ1v) is 9.32. The number of hydrogen-bond acceptors (Lipinski definition) is 4. The van der Waals surface area contributed by atoms with E-state index in [1.54, 1.807) is 18.3 Å². The number of aryl methyl sites for hydroxylation is 2. The van der Waals surface area contributed by atoms with Crippen molar-refractivity contribution < 1.29 is 4.39 Å². The Morgan fingerprint density at radius 3 is 2.96 bits per heavy atom. The number of rotatable bonds is 4. The summed E-state index contributed by atoms with van der Waals surface area (Å²) in [5.41, 5.74) is 6.68. The number of halogens is 1. The molecule has 1 aliphatic rings. The molecule has 0 radical (unpaired) electrons. The lowest BCUT2D eigenvalue weighted by Crippen LogP contribution is -2.04. The van der Waals surface area contributed by atoms with E-state index in [1.807, 2.05) is 37.6 Å². The predicted molar refractivity (Wildman–Crippen MR) is 103 cm³/mol. The fourth-order valence-electron chi connectivity index (χ4n) is 3.98. The summed E-state index contributed by atoms with van der Waals surface area (Å²) in [5.74, 6) is 0.229. The number of nitrogens with one attached hydrogen (secondary N) is 1. The van der Waals surface area contributed by atoms with Gasteiger partial charge in [-0.25, -0.2) is 9.37 Å².